The van der Waals surface area contributed by atoms with Crippen molar-refractivity contribution < 1.29 is 33.3 Å². The summed E-state index contributed by atoms with van der Waals surface area (Å²) in [6.07, 6.45) is 0.158. The van der Waals surface area contributed by atoms with Gasteiger partial charge in [0.25, 0.3) is 0 Å². The van der Waals surface area contributed by atoms with Crippen LogP contribution in [0.2, 0.25) is 0 Å². The molecule has 1 amide bonds. The first-order chi connectivity index (χ1) is 18.2. The number of hydrogen-bond donors (Lipinski definition) is 0. The molecule has 4 rings (SSSR count). The number of esters is 1. The van der Waals surface area contributed by atoms with Gasteiger partial charge in [0.2, 0.25) is 0 Å². The minimum atomic E-state index is -0.631. The number of pyridine rings is 1. The van der Waals surface area contributed by atoms with Crippen LogP contribution in [0.5, 0.6) is 17.2 Å². The molecule has 1 aromatic heterocycles. The van der Waals surface area contributed by atoms with Gasteiger partial charge in [0.15, 0.2) is 11.4 Å². The van der Waals surface area contributed by atoms with Gasteiger partial charge in [0.05, 0.1) is 38.2 Å². The Hall–Kier alpha value is -4.27. The molecule has 1 aliphatic rings. The van der Waals surface area contributed by atoms with Crippen LogP contribution in [0.15, 0.2) is 60.7 Å². The van der Waals surface area contributed by atoms with Crippen LogP contribution in [0.1, 0.15) is 37.7 Å². The summed E-state index contributed by atoms with van der Waals surface area (Å²) < 4.78 is 27.8. The Balaban J connectivity index is 1.50. The molecule has 0 fully saturated rings. The Bertz CT molecular complexity index is 1270. The fourth-order valence-electron chi connectivity index (χ4n) is 3.80. The van der Waals surface area contributed by atoms with E-state index in [0.29, 0.717) is 61.2 Å². The summed E-state index contributed by atoms with van der Waals surface area (Å²) in [4.78, 5) is 31.4. The predicted molar refractivity (Wildman–Crippen MR) is 142 cm³/mol. The molecule has 0 N–H and O–H groups in total. The summed E-state index contributed by atoms with van der Waals surface area (Å²) in [5.41, 5.74) is 1.21. The Kier molecular flexibility index (Phi) is 8.35. The zero-order valence-corrected chi connectivity index (χ0v) is 22.1. The molecule has 3 aromatic rings. The van der Waals surface area contributed by atoms with Crippen molar-refractivity contribution >= 4 is 17.7 Å². The topological polar surface area (TPSA) is 96.4 Å². The number of anilines is 1. The van der Waals surface area contributed by atoms with E-state index in [1.54, 1.807) is 29.2 Å². The lowest BCUT2D eigenvalue weighted by atomic mass is 10.1. The molecule has 0 aliphatic carbocycles. The zero-order valence-electron chi connectivity index (χ0n) is 22.1. The number of amides is 1. The van der Waals surface area contributed by atoms with E-state index in [-0.39, 0.29) is 5.69 Å². The van der Waals surface area contributed by atoms with E-state index in [0.717, 1.165) is 5.75 Å². The van der Waals surface area contributed by atoms with Crippen LogP contribution in [0.25, 0.3) is 11.3 Å². The molecule has 0 spiro atoms. The number of carbonyl (C=O) groups is 2. The van der Waals surface area contributed by atoms with Gasteiger partial charge < -0.3 is 23.7 Å². The van der Waals surface area contributed by atoms with Crippen LogP contribution in [0.3, 0.4) is 0 Å². The highest BCUT2D eigenvalue weighted by atomic mass is 16.6. The van der Waals surface area contributed by atoms with Gasteiger partial charge in [0, 0.05) is 12.0 Å². The molecule has 0 unspecified atom stereocenters. The van der Waals surface area contributed by atoms with Crippen LogP contribution >= 0.6 is 0 Å². The van der Waals surface area contributed by atoms with E-state index in [2.05, 4.69) is 4.98 Å². The largest absolute Gasteiger partial charge is 0.493 e. The molecule has 0 saturated heterocycles. The third-order valence-electron chi connectivity index (χ3n) is 5.53. The number of carbonyl (C=O) groups excluding carboxylic acids is 2. The number of aromatic nitrogens is 1. The lowest BCUT2D eigenvalue weighted by molar-refractivity contribution is 0.0564. The molecule has 200 valence electrons. The summed E-state index contributed by atoms with van der Waals surface area (Å²) in [7, 11) is 1.29. The molecule has 0 saturated carbocycles. The highest BCUT2D eigenvalue weighted by molar-refractivity contribution is 5.93. The number of fused-ring (bicyclic) bond motifs is 1. The second kappa shape index (κ2) is 11.9. The van der Waals surface area contributed by atoms with Crippen LogP contribution < -0.4 is 19.1 Å². The molecular formula is C29H32N2O7. The van der Waals surface area contributed by atoms with Gasteiger partial charge in [-0.2, -0.15) is 0 Å². The fraction of sp³-hybridized carbons (Fsp3) is 0.345. The Morgan fingerprint density at radius 1 is 1.00 bits per heavy atom. The van der Waals surface area contributed by atoms with E-state index in [4.69, 9.17) is 23.7 Å². The smallest absolute Gasteiger partial charge is 0.415 e. The number of benzene rings is 2. The summed E-state index contributed by atoms with van der Waals surface area (Å²) >= 11 is 0. The molecule has 1 aliphatic heterocycles. The van der Waals surface area contributed by atoms with Crippen molar-refractivity contribution in [3.8, 4) is 28.5 Å². The minimum Gasteiger partial charge on any atom is -0.493 e. The molecule has 38 heavy (non-hydrogen) atoms. The number of methoxy groups -OCH3 is 1. The second-order valence-corrected chi connectivity index (χ2v) is 9.56. The SMILES string of the molecule is COC(=O)c1nc(-c2ccc3c(c2)N(C(=O)OC(C)(C)C)CCO3)ccc1OCCCOc1ccccc1. The zero-order chi connectivity index (χ0) is 27.1. The van der Waals surface area contributed by atoms with E-state index in [1.807, 2.05) is 57.2 Å². The van der Waals surface area contributed by atoms with Crippen LogP contribution in [-0.4, -0.2) is 56.1 Å². The van der Waals surface area contributed by atoms with Crippen molar-refractivity contribution in [1.29, 1.82) is 0 Å². The van der Waals surface area contributed by atoms with Crippen molar-refractivity contribution in [1.82, 2.24) is 4.98 Å². The summed E-state index contributed by atoms with van der Waals surface area (Å²) in [6.45, 7) is 6.97. The first-order valence-corrected chi connectivity index (χ1v) is 12.4. The van der Waals surface area contributed by atoms with Gasteiger partial charge in [-0.3, -0.25) is 4.90 Å². The van der Waals surface area contributed by atoms with Crippen molar-refractivity contribution in [3.05, 3.63) is 66.4 Å². The maximum absolute atomic E-state index is 12.8. The first kappa shape index (κ1) is 26.8. The Morgan fingerprint density at radius 3 is 2.50 bits per heavy atom. The minimum absolute atomic E-state index is 0.0620. The van der Waals surface area contributed by atoms with Crippen molar-refractivity contribution in [2.45, 2.75) is 32.8 Å². The van der Waals surface area contributed by atoms with Crippen LogP contribution in [0, 0.1) is 0 Å². The van der Waals surface area contributed by atoms with Gasteiger partial charge in [-0.05, 0) is 63.2 Å². The molecular weight excluding hydrogens is 488 g/mol. The number of para-hydroxylation sites is 1. The number of rotatable bonds is 8. The average Bonchev–Trinajstić information content (AvgIpc) is 2.91. The van der Waals surface area contributed by atoms with Gasteiger partial charge in [-0.25, -0.2) is 14.6 Å². The maximum atomic E-state index is 12.8. The van der Waals surface area contributed by atoms with Gasteiger partial charge >= 0.3 is 12.1 Å². The average molecular weight is 521 g/mol. The van der Waals surface area contributed by atoms with Crippen molar-refractivity contribution in [2.75, 3.05) is 38.4 Å². The van der Waals surface area contributed by atoms with E-state index >= 15 is 0 Å². The molecule has 0 radical (unpaired) electrons. The van der Waals surface area contributed by atoms with Gasteiger partial charge in [0.1, 0.15) is 23.7 Å². The van der Waals surface area contributed by atoms with Crippen molar-refractivity contribution in [3.63, 3.8) is 0 Å². The summed E-state index contributed by atoms with van der Waals surface area (Å²) in [5.74, 6) is 1.06. The number of ether oxygens (including phenoxy) is 5. The molecule has 9 nitrogen and oxygen atoms in total. The molecule has 2 aromatic carbocycles. The maximum Gasteiger partial charge on any atom is 0.415 e. The highest BCUT2D eigenvalue weighted by Crippen LogP contribution is 2.36. The first-order valence-electron chi connectivity index (χ1n) is 12.4. The van der Waals surface area contributed by atoms with Crippen LogP contribution in [0.4, 0.5) is 10.5 Å². The van der Waals surface area contributed by atoms with E-state index in [9.17, 15) is 9.59 Å². The standard InChI is InChI=1S/C29H32N2O7/c1-29(2,3)38-28(33)31-15-18-37-24-13-11-20(19-23(24)31)22-12-14-25(26(30-22)27(32)34-4)36-17-8-16-35-21-9-6-5-7-10-21/h5-7,9-14,19H,8,15-18H2,1-4H3. The Labute approximate surface area is 222 Å². The summed E-state index contributed by atoms with van der Waals surface area (Å²) in [6, 6.07) is 18.4. The van der Waals surface area contributed by atoms with E-state index in [1.165, 1.54) is 7.11 Å². The second-order valence-electron chi connectivity index (χ2n) is 9.56. The third kappa shape index (κ3) is 6.73. The number of nitrogens with zero attached hydrogens (tertiary/aromatic N) is 2. The van der Waals surface area contributed by atoms with Gasteiger partial charge in [-0.1, -0.05) is 18.2 Å². The normalized spacial score (nSPS) is 12.7. The third-order valence-corrected chi connectivity index (χ3v) is 5.53. The van der Waals surface area contributed by atoms with Gasteiger partial charge in [-0.15, -0.1) is 0 Å². The molecule has 0 atom stereocenters. The fourth-order valence-corrected chi connectivity index (χ4v) is 3.80. The lowest BCUT2D eigenvalue weighted by Crippen LogP contribution is -2.41. The lowest BCUT2D eigenvalue weighted by Gasteiger charge is -2.31. The monoisotopic (exact) mass is 520 g/mol. The predicted octanol–water partition coefficient (Wildman–Crippen LogP) is 5.52. The molecule has 2 heterocycles. The Morgan fingerprint density at radius 2 is 1.76 bits per heavy atom. The summed E-state index contributed by atoms with van der Waals surface area (Å²) in [5, 5.41) is 0. The molecule has 0 bridgehead atoms. The number of hydrogen-bond acceptors (Lipinski definition) is 8. The van der Waals surface area contributed by atoms with E-state index < -0.39 is 17.7 Å². The van der Waals surface area contributed by atoms with Crippen molar-refractivity contribution in [2.24, 2.45) is 0 Å². The quantitative estimate of drug-likeness (QED) is 0.283. The van der Waals surface area contributed by atoms with Crippen LogP contribution in [-0.2, 0) is 9.47 Å². The highest BCUT2D eigenvalue weighted by Gasteiger charge is 2.29. The molecule has 9 heteroatoms.